The van der Waals surface area contributed by atoms with Gasteiger partial charge in [0.05, 0.1) is 23.5 Å². The van der Waals surface area contributed by atoms with E-state index in [-0.39, 0.29) is 29.5 Å². The lowest BCUT2D eigenvalue weighted by Gasteiger charge is -2.25. The second kappa shape index (κ2) is 5.58. The maximum atomic E-state index is 12.9. The van der Waals surface area contributed by atoms with Crippen LogP contribution in [0.25, 0.3) is 10.9 Å². The Kier molecular flexibility index (Phi) is 3.60. The molecule has 0 bridgehead atoms. The van der Waals surface area contributed by atoms with Gasteiger partial charge in [0.25, 0.3) is 5.56 Å². The van der Waals surface area contributed by atoms with Crippen molar-refractivity contribution in [2.24, 2.45) is 5.41 Å². The van der Waals surface area contributed by atoms with Gasteiger partial charge in [0.2, 0.25) is 5.91 Å². The van der Waals surface area contributed by atoms with E-state index in [1.54, 1.807) is 0 Å². The third-order valence-corrected chi connectivity index (χ3v) is 5.70. The van der Waals surface area contributed by atoms with Crippen LogP contribution in [0.1, 0.15) is 44.2 Å². The molecule has 1 aromatic carbocycles. The maximum absolute atomic E-state index is 12.9. The number of benzene rings is 1. The van der Waals surface area contributed by atoms with Gasteiger partial charge in [0, 0.05) is 6.42 Å². The fourth-order valence-electron chi connectivity index (χ4n) is 4.11. The van der Waals surface area contributed by atoms with Crippen molar-refractivity contribution in [3.63, 3.8) is 0 Å². The van der Waals surface area contributed by atoms with Crippen LogP contribution in [0, 0.1) is 5.41 Å². The molecule has 0 radical (unpaired) electrons. The van der Waals surface area contributed by atoms with Crippen LogP contribution in [0.3, 0.4) is 0 Å². The summed E-state index contributed by atoms with van der Waals surface area (Å²) in [6.07, 6.45) is 4.67. The minimum absolute atomic E-state index is 0.0330. The molecule has 1 amide bonds. The second-order valence-corrected chi connectivity index (χ2v) is 8.00. The highest BCUT2D eigenvalue weighted by Crippen LogP contribution is 2.31. The quantitative estimate of drug-likeness (QED) is 0.868. The first-order chi connectivity index (χ1) is 11.8. The second-order valence-electron chi connectivity index (χ2n) is 8.00. The van der Waals surface area contributed by atoms with Crippen LogP contribution in [0.4, 0.5) is 0 Å². The molecular formula is C19H23N3O3. The van der Waals surface area contributed by atoms with E-state index in [9.17, 15) is 14.4 Å². The first kappa shape index (κ1) is 16.1. The summed E-state index contributed by atoms with van der Waals surface area (Å²) >= 11 is 0. The molecule has 132 valence electrons. The molecule has 2 N–H and O–H groups in total. The molecule has 4 rings (SSSR count). The molecule has 2 aliphatic rings. The highest BCUT2D eigenvalue weighted by Gasteiger charge is 2.39. The van der Waals surface area contributed by atoms with E-state index in [1.165, 1.54) is 15.7 Å². The third-order valence-electron chi connectivity index (χ3n) is 5.70. The van der Waals surface area contributed by atoms with Gasteiger partial charge in [-0.05, 0) is 54.4 Å². The van der Waals surface area contributed by atoms with E-state index in [2.05, 4.69) is 10.3 Å². The molecule has 1 aliphatic carbocycles. The zero-order valence-electron chi connectivity index (χ0n) is 14.6. The van der Waals surface area contributed by atoms with E-state index in [0.29, 0.717) is 17.3 Å². The van der Waals surface area contributed by atoms with Gasteiger partial charge in [-0.3, -0.25) is 14.2 Å². The van der Waals surface area contributed by atoms with Gasteiger partial charge >= 0.3 is 5.69 Å². The van der Waals surface area contributed by atoms with E-state index in [1.807, 2.05) is 26.0 Å². The Morgan fingerprint density at radius 3 is 2.44 bits per heavy atom. The normalized spacial score (nSPS) is 22.0. The predicted molar refractivity (Wildman–Crippen MR) is 95.8 cm³/mol. The van der Waals surface area contributed by atoms with Crippen molar-refractivity contribution in [3.8, 4) is 0 Å². The van der Waals surface area contributed by atoms with Crippen LogP contribution in [0.5, 0.6) is 0 Å². The highest BCUT2D eigenvalue weighted by atomic mass is 16.2. The molecular weight excluding hydrogens is 318 g/mol. The fraction of sp³-hybridized carbons (Fsp3) is 0.526. The van der Waals surface area contributed by atoms with E-state index < -0.39 is 5.69 Å². The number of rotatable bonds is 2. The van der Waals surface area contributed by atoms with Crippen molar-refractivity contribution >= 4 is 16.8 Å². The summed E-state index contributed by atoms with van der Waals surface area (Å²) in [7, 11) is 0. The van der Waals surface area contributed by atoms with Crippen molar-refractivity contribution < 1.29 is 4.79 Å². The maximum Gasteiger partial charge on any atom is 0.328 e. The number of amides is 1. The predicted octanol–water partition coefficient (Wildman–Crippen LogP) is 1.48. The summed E-state index contributed by atoms with van der Waals surface area (Å²) in [5, 5.41) is 3.45. The average molecular weight is 341 g/mol. The number of H-pyrrole nitrogens is 1. The number of nitrogens with zero attached hydrogens (tertiary/aromatic N) is 1. The van der Waals surface area contributed by atoms with Crippen LogP contribution >= 0.6 is 0 Å². The molecule has 1 saturated heterocycles. The van der Waals surface area contributed by atoms with Gasteiger partial charge in [-0.1, -0.05) is 13.8 Å². The van der Waals surface area contributed by atoms with Gasteiger partial charge in [0.1, 0.15) is 0 Å². The Labute approximate surface area is 145 Å². The molecule has 6 heteroatoms. The fourth-order valence-corrected chi connectivity index (χ4v) is 4.11. The topological polar surface area (TPSA) is 84.0 Å². The number of carbonyl (C=O) groups is 1. The summed E-state index contributed by atoms with van der Waals surface area (Å²) in [6.45, 7) is 4.15. The molecule has 2 aromatic rings. The molecule has 1 fully saturated rings. The number of hydrogen-bond donors (Lipinski definition) is 2. The lowest BCUT2D eigenvalue weighted by Crippen LogP contribution is -2.45. The summed E-state index contributed by atoms with van der Waals surface area (Å²) < 4.78 is 1.23. The SMILES string of the molecule is CC1(C)CC(=O)NC1Cn1c(=O)[nH]c2cc3c(cc2c1=O)CCCC3. The Balaban J connectivity index is 1.81. The lowest BCUT2D eigenvalue weighted by molar-refractivity contribution is -0.119. The van der Waals surface area contributed by atoms with Gasteiger partial charge in [-0.2, -0.15) is 0 Å². The van der Waals surface area contributed by atoms with Crippen molar-refractivity contribution in [1.82, 2.24) is 14.9 Å². The average Bonchev–Trinajstić information content (AvgIpc) is 2.81. The zero-order valence-corrected chi connectivity index (χ0v) is 14.6. The summed E-state index contributed by atoms with van der Waals surface area (Å²) in [5.41, 5.74) is 2.09. The van der Waals surface area contributed by atoms with Crippen molar-refractivity contribution in [2.75, 3.05) is 0 Å². The summed E-state index contributed by atoms with van der Waals surface area (Å²) in [6, 6.07) is 3.67. The van der Waals surface area contributed by atoms with Crippen molar-refractivity contribution in [1.29, 1.82) is 0 Å². The lowest BCUT2D eigenvalue weighted by atomic mass is 9.85. The minimum Gasteiger partial charge on any atom is -0.351 e. The van der Waals surface area contributed by atoms with Gasteiger partial charge in [-0.15, -0.1) is 0 Å². The number of nitrogens with one attached hydrogen (secondary N) is 2. The number of aryl methyl sites for hydroxylation is 2. The zero-order chi connectivity index (χ0) is 17.8. The highest BCUT2D eigenvalue weighted by molar-refractivity contribution is 5.80. The largest absolute Gasteiger partial charge is 0.351 e. The molecule has 0 saturated carbocycles. The smallest absolute Gasteiger partial charge is 0.328 e. The van der Waals surface area contributed by atoms with Gasteiger partial charge in [0.15, 0.2) is 0 Å². The van der Waals surface area contributed by atoms with Gasteiger partial charge in [-0.25, -0.2) is 4.79 Å². The molecule has 1 unspecified atom stereocenters. The van der Waals surface area contributed by atoms with Crippen LogP contribution < -0.4 is 16.6 Å². The number of fused-ring (bicyclic) bond motifs is 2. The number of carbonyl (C=O) groups excluding carboxylic acids is 1. The van der Waals surface area contributed by atoms with Gasteiger partial charge < -0.3 is 10.3 Å². The minimum atomic E-state index is -0.412. The number of aromatic nitrogens is 2. The Morgan fingerprint density at radius 2 is 1.80 bits per heavy atom. The first-order valence-electron chi connectivity index (χ1n) is 8.93. The van der Waals surface area contributed by atoms with Crippen molar-refractivity contribution in [2.45, 2.75) is 58.5 Å². The Bertz CT molecular complexity index is 984. The van der Waals surface area contributed by atoms with E-state index >= 15 is 0 Å². The Hall–Kier alpha value is -2.37. The molecule has 1 aliphatic heterocycles. The van der Waals surface area contributed by atoms with Crippen LogP contribution in [-0.2, 0) is 24.2 Å². The first-order valence-corrected chi connectivity index (χ1v) is 8.93. The molecule has 0 spiro atoms. The summed E-state index contributed by atoms with van der Waals surface area (Å²) in [5.74, 6) is -0.0330. The Morgan fingerprint density at radius 1 is 1.12 bits per heavy atom. The molecule has 2 heterocycles. The molecule has 1 atom stereocenters. The monoisotopic (exact) mass is 341 g/mol. The van der Waals surface area contributed by atoms with Crippen LogP contribution in [-0.4, -0.2) is 21.5 Å². The van der Waals surface area contributed by atoms with Crippen LogP contribution in [0.2, 0.25) is 0 Å². The van der Waals surface area contributed by atoms with Crippen molar-refractivity contribution in [3.05, 3.63) is 44.1 Å². The number of aromatic amines is 1. The molecule has 1 aromatic heterocycles. The van der Waals surface area contributed by atoms with Crippen LogP contribution in [0.15, 0.2) is 21.7 Å². The molecule has 6 nitrogen and oxygen atoms in total. The van der Waals surface area contributed by atoms with E-state index in [0.717, 1.165) is 25.7 Å². The van der Waals surface area contributed by atoms with E-state index in [4.69, 9.17) is 0 Å². The third kappa shape index (κ3) is 2.69. The number of hydrogen-bond acceptors (Lipinski definition) is 3. The summed E-state index contributed by atoms with van der Waals surface area (Å²) in [4.78, 5) is 40.0. The standard InChI is InChI=1S/C19H23N3O3/c1-19(2)9-16(23)21-15(19)10-22-17(24)13-7-11-5-3-4-6-12(11)8-14(13)20-18(22)25/h7-8,15H,3-6,9-10H2,1-2H3,(H,20,25)(H,21,23). The molecule has 25 heavy (non-hydrogen) atoms.